The van der Waals surface area contributed by atoms with E-state index >= 15 is 0 Å². The predicted octanol–water partition coefficient (Wildman–Crippen LogP) is 5.64. The maximum absolute atomic E-state index is 13.5. The van der Waals surface area contributed by atoms with Crippen LogP contribution in [0.25, 0.3) is 0 Å². The number of carbonyl (C=O) groups is 2. The lowest BCUT2D eigenvalue weighted by Gasteiger charge is -2.47. The minimum Gasteiger partial charge on any atom is -0.400 e. The Morgan fingerprint density at radius 2 is 0.868 bits per heavy atom. The molecule has 0 aromatic rings. The van der Waals surface area contributed by atoms with E-state index in [1.54, 1.807) is 0 Å². The van der Waals surface area contributed by atoms with Crippen molar-refractivity contribution in [2.75, 3.05) is 26.2 Å². The quantitative estimate of drug-likeness (QED) is 0.0157. The smallest absolute Gasteiger partial charge is 0.400 e. The first-order valence-corrected chi connectivity index (χ1v) is 27.5. The van der Waals surface area contributed by atoms with Gasteiger partial charge in [-0.25, -0.2) is 9.09 Å². The Hall–Kier alpha value is -1.39. The number of nitrogens with zero attached hydrogens (tertiary/aromatic N) is 1. The number of hydrogen-bond acceptors (Lipinski definition) is 18. The van der Waals surface area contributed by atoms with Crippen LogP contribution in [0.15, 0.2) is 0 Å². The minimum absolute atomic E-state index is 0.128. The predicted molar refractivity (Wildman–Crippen MR) is 255 cm³/mol. The van der Waals surface area contributed by atoms with Crippen LogP contribution in [0.2, 0.25) is 0 Å². The van der Waals surface area contributed by atoms with Gasteiger partial charge in [0.25, 0.3) is 0 Å². The van der Waals surface area contributed by atoms with E-state index in [-0.39, 0.29) is 12.8 Å². The fourth-order valence-corrected chi connectivity index (χ4v) is 9.10. The van der Waals surface area contributed by atoms with Crippen LogP contribution in [0.5, 0.6) is 0 Å². The average molecular weight is 1000 g/mol. The van der Waals surface area contributed by atoms with Gasteiger partial charge >= 0.3 is 26.2 Å². The van der Waals surface area contributed by atoms with Crippen LogP contribution in [0.3, 0.4) is 0 Å². The van der Waals surface area contributed by atoms with Gasteiger partial charge in [0, 0.05) is 12.8 Å². The third kappa shape index (κ3) is 26.3. The standard InChI is InChI=1S/C42H79O18P.C6H15N/c1-3-5-7-9-11-13-15-17-19-21-23-25-27-31(45)57-42(56-30(44)26-24-22-20-18-16-14-12-10-8-6-4-2)60-61(53,54)59-40-37(51)35(49)34(48)36(50)39(40)58-41-38(52)33(47)32(46)29(28-43)55-41;1-4-7(5-2)6-3/h29,32-43,46-52H,3-28H2,1-2H3,(H,53,54);4-6H2,1-3H3/t29-,32-,33+,34+,35+,36-,37-,38+,39-,40+,41+,42+;/m1./s1. The van der Waals surface area contributed by atoms with E-state index in [2.05, 4.69) is 39.5 Å². The van der Waals surface area contributed by atoms with Gasteiger partial charge in [-0.05, 0) is 32.5 Å². The number of carbonyl (C=O) groups excluding carboxylic acids is 2. The number of ether oxygens (including phenoxy) is 4. The minimum atomic E-state index is -5.63. The van der Waals surface area contributed by atoms with Crippen molar-refractivity contribution in [3.05, 3.63) is 0 Å². The van der Waals surface area contributed by atoms with Crippen LogP contribution < -0.4 is 0 Å². The normalized spacial score (nSPS) is 27.5. The van der Waals surface area contributed by atoms with Gasteiger partial charge in [0.15, 0.2) is 6.29 Å². The first-order valence-electron chi connectivity index (χ1n) is 26.0. The summed E-state index contributed by atoms with van der Waals surface area (Å²) >= 11 is 0. The monoisotopic (exact) mass is 1000 g/mol. The molecule has 9 N–H and O–H groups in total. The van der Waals surface area contributed by atoms with Crippen molar-refractivity contribution in [3.63, 3.8) is 0 Å². The molecule has 1 aliphatic carbocycles. The molecule has 19 nitrogen and oxygen atoms in total. The number of phosphoric ester groups is 1. The largest absolute Gasteiger partial charge is 0.478 e. The van der Waals surface area contributed by atoms with Gasteiger partial charge < -0.3 is 69.6 Å². The zero-order valence-electron chi connectivity index (χ0n) is 42.0. The summed E-state index contributed by atoms with van der Waals surface area (Å²) in [4.78, 5) is 39.0. The summed E-state index contributed by atoms with van der Waals surface area (Å²) in [5, 5.41) is 82.8. The SMILES string of the molecule is CCCCCCCCCCCCCCC(=O)O[C@H](OC(=O)CCCCCCCCCCCCC)OP(=O)(O)O[C@H]1[C@H](O)[C@@H](O)[C@H](O)[C@@H](O)[C@H]1O[C@@H]1O[C@H](CO)[C@@H](O)[C@H](O)[C@@H]1O.CCN(CC)CC. The molecular weight excluding hydrogens is 909 g/mol. The van der Waals surface area contributed by atoms with Gasteiger partial charge in [0.05, 0.1) is 6.61 Å². The Bertz CT molecular complexity index is 1310. The number of rotatable bonds is 37. The van der Waals surface area contributed by atoms with E-state index in [0.29, 0.717) is 25.7 Å². The molecule has 20 heteroatoms. The van der Waals surface area contributed by atoms with E-state index in [1.165, 1.54) is 90.3 Å². The molecule has 68 heavy (non-hydrogen) atoms. The Morgan fingerprint density at radius 1 is 0.515 bits per heavy atom. The Balaban J connectivity index is 0.00000304. The van der Waals surface area contributed by atoms with Gasteiger partial charge in [0.1, 0.15) is 61.0 Å². The molecule has 2 fully saturated rings. The number of aliphatic hydroxyl groups excluding tert-OH is 8. The molecule has 404 valence electrons. The van der Waals surface area contributed by atoms with Gasteiger partial charge in [-0.15, -0.1) is 0 Å². The van der Waals surface area contributed by atoms with Crippen molar-refractivity contribution in [2.24, 2.45) is 0 Å². The molecule has 0 aromatic carbocycles. The maximum atomic E-state index is 13.5. The number of phosphoric acid groups is 1. The van der Waals surface area contributed by atoms with Gasteiger partial charge in [-0.2, -0.15) is 0 Å². The molecular formula is C48H94NO18P. The van der Waals surface area contributed by atoms with Crippen LogP contribution in [-0.4, -0.2) is 163 Å². The second-order valence-corrected chi connectivity index (χ2v) is 19.6. The summed E-state index contributed by atoms with van der Waals surface area (Å²) in [6.07, 6.45) is 1.35. The topological polar surface area (TPSA) is 292 Å². The van der Waals surface area contributed by atoms with Gasteiger partial charge in [-0.1, -0.05) is 169 Å². The highest BCUT2D eigenvalue weighted by Gasteiger charge is 2.55. The molecule has 13 atom stereocenters. The first kappa shape index (κ1) is 64.6. The second kappa shape index (κ2) is 38.3. The van der Waals surface area contributed by atoms with Crippen LogP contribution in [-0.2, 0) is 42.1 Å². The first-order chi connectivity index (χ1) is 32.5. The summed E-state index contributed by atoms with van der Waals surface area (Å²) in [5.74, 6) is -1.82. The molecule has 1 saturated heterocycles. The lowest BCUT2D eigenvalue weighted by atomic mass is 9.84. The molecule has 0 bridgehead atoms. The highest BCUT2D eigenvalue weighted by molar-refractivity contribution is 7.47. The Kier molecular flexibility index (Phi) is 36.4. The summed E-state index contributed by atoms with van der Waals surface area (Å²) in [6.45, 7) is 11.2. The van der Waals surface area contributed by atoms with Crippen molar-refractivity contribution >= 4 is 19.8 Å². The van der Waals surface area contributed by atoms with E-state index in [9.17, 15) is 59.9 Å². The molecule has 2 aliphatic rings. The van der Waals surface area contributed by atoms with E-state index in [0.717, 1.165) is 51.4 Å². The molecule has 1 unspecified atom stereocenters. The Morgan fingerprint density at radius 3 is 1.22 bits per heavy atom. The zero-order chi connectivity index (χ0) is 50.9. The molecule has 2 rings (SSSR count). The molecule has 1 heterocycles. The second-order valence-electron chi connectivity index (χ2n) is 18.2. The van der Waals surface area contributed by atoms with Crippen molar-refractivity contribution in [2.45, 2.75) is 269 Å². The average Bonchev–Trinajstić information content (AvgIpc) is 3.31. The highest BCUT2D eigenvalue weighted by Crippen LogP contribution is 2.49. The Labute approximate surface area is 406 Å². The number of unbranched alkanes of at least 4 members (excludes halogenated alkanes) is 21. The van der Waals surface area contributed by atoms with Crippen LogP contribution >= 0.6 is 7.82 Å². The molecule has 0 amide bonds. The van der Waals surface area contributed by atoms with Crippen LogP contribution in [0.4, 0.5) is 0 Å². The molecule has 1 aliphatic heterocycles. The highest BCUT2D eigenvalue weighted by atomic mass is 31.2. The van der Waals surface area contributed by atoms with Gasteiger partial charge in [-0.3, -0.25) is 14.1 Å². The molecule has 1 saturated carbocycles. The fourth-order valence-electron chi connectivity index (χ4n) is 8.20. The van der Waals surface area contributed by atoms with E-state index < -0.39 is 100 Å². The summed E-state index contributed by atoms with van der Waals surface area (Å²) < 4.78 is 44.7. The van der Waals surface area contributed by atoms with Crippen LogP contribution in [0, 0.1) is 0 Å². The van der Waals surface area contributed by atoms with Crippen molar-refractivity contribution in [3.8, 4) is 0 Å². The lowest BCUT2D eigenvalue weighted by molar-refractivity contribution is -0.338. The number of esters is 2. The van der Waals surface area contributed by atoms with Crippen molar-refractivity contribution in [1.82, 2.24) is 4.90 Å². The van der Waals surface area contributed by atoms with Crippen molar-refractivity contribution < 1.29 is 87.9 Å². The molecule has 0 radical (unpaired) electrons. The van der Waals surface area contributed by atoms with E-state index in [1.807, 2.05) is 0 Å². The fraction of sp³-hybridized carbons (Fsp3) is 0.958. The zero-order valence-corrected chi connectivity index (χ0v) is 42.9. The summed E-state index contributed by atoms with van der Waals surface area (Å²) in [5.41, 5.74) is 0. The summed E-state index contributed by atoms with van der Waals surface area (Å²) in [7, 11) is -5.63. The number of hydrogen-bond donors (Lipinski definition) is 9. The lowest BCUT2D eigenvalue weighted by Crippen LogP contribution is -2.67. The maximum Gasteiger partial charge on any atom is 0.478 e. The van der Waals surface area contributed by atoms with Crippen molar-refractivity contribution in [1.29, 1.82) is 0 Å². The molecule has 0 spiro atoms. The summed E-state index contributed by atoms with van der Waals surface area (Å²) in [6, 6.07) is 0. The third-order valence-corrected chi connectivity index (χ3v) is 13.6. The van der Waals surface area contributed by atoms with Gasteiger partial charge in [0.2, 0.25) is 0 Å². The molecule has 0 aromatic heterocycles. The van der Waals surface area contributed by atoms with E-state index in [4.69, 9.17) is 28.0 Å². The third-order valence-electron chi connectivity index (χ3n) is 12.7. The number of aliphatic hydroxyl groups is 8. The van der Waals surface area contributed by atoms with Crippen LogP contribution in [0.1, 0.15) is 195 Å².